The molecule has 0 aromatic heterocycles. The topological polar surface area (TPSA) is 50.7 Å². The zero-order valence-corrected chi connectivity index (χ0v) is 6.12. The van der Waals surface area contributed by atoms with Crippen molar-refractivity contribution in [3.8, 4) is 0 Å². The minimum absolute atomic E-state index is 0.688. The van der Waals surface area contributed by atoms with Crippen molar-refractivity contribution < 1.29 is 0 Å². The zero-order chi connectivity index (χ0) is 7.40. The van der Waals surface area contributed by atoms with E-state index in [0.717, 1.165) is 4.90 Å². The summed E-state index contributed by atoms with van der Waals surface area (Å²) in [5.74, 6) is 4.85. The van der Waals surface area contributed by atoms with Gasteiger partial charge in [-0.25, -0.2) is 0 Å². The summed E-state index contributed by atoms with van der Waals surface area (Å²) in [6, 6.07) is 7.34. The molecule has 1 aromatic rings. The second-order valence-electron chi connectivity index (χ2n) is 1.70. The lowest BCUT2D eigenvalue weighted by molar-refractivity contribution is 1.05. The molecule has 2 N–H and O–H groups in total. The Morgan fingerprint density at radius 1 is 1.30 bits per heavy atom. The van der Waals surface area contributed by atoms with E-state index >= 15 is 0 Å². The van der Waals surface area contributed by atoms with Crippen molar-refractivity contribution in [1.82, 2.24) is 0 Å². The second kappa shape index (κ2) is 3.22. The van der Waals surface area contributed by atoms with Crippen molar-refractivity contribution in [2.75, 3.05) is 0 Å². The van der Waals surface area contributed by atoms with E-state index in [1.807, 2.05) is 18.2 Å². The first kappa shape index (κ1) is 7.08. The first-order valence-electron chi connectivity index (χ1n) is 2.73. The van der Waals surface area contributed by atoms with Crippen LogP contribution in [0.15, 0.2) is 39.5 Å². The predicted molar refractivity (Wildman–Crippen MR) is 42.4 cm³/mol. The monoisotopic (exact) mass is 153 g/mol. The van der Waals surface area contributed by atoms with Gasteiger partial charge in [-0.3, -0.25) is 0 Å². The molecule has 0 amide bonds. The summed E-state index contributed by atoms with van der Waals surface area (Å²) in [5, 5.41) is 6.78. The van der Waals surface area contributed by atoms with Gasteiger partial charge in [0.05, 0.1) is 0 Å². The molecule has 0 aliphatic carbocycles. The highest BCUT2D eigenvalue weighted by molar-refractivity contribution is 7.80. The molecular weight excluding hydrogens is 146 g/mol. The van der Waals surface area contributed by atoms with Crippen molar-refractivity contribution in [1.29, 1.82) is 0 Å². The largest absolute Gasteiger partial charge is 0.305 e. The summed E-state index contributed by atoms with van der Waals surface area (Å²) in [6.45, 7) is 0. The first-order chi connectivity index (χ1) is 4.84. The third-order valence-electron chi connectivity index (χ3n) is 1.05. The van der Waals surface area contributed by atoms with Crippen LogP contribution in [-0.4, -0.2) is 0 Å². The van der Waals surface area contributed by atoms with Gasteiger partial charge in [-0.05, 0) is 12.1 Å². The Morgan fingerprint density at radius 3 is 2.60 bits per heavy atom. The molecule has 0 fully saturated rings. The van der Waals surface area contributed by atoms with Crippen LogP contribution in [0.5, 0.6) is 0 Å². The van der Waals surface area contributed by atoms with E-state index < -0.39 is 0 Å². The highest BCUT2D eigenvalue weighted by atomic mass is 32.1. The lowest BCUT2D eigenvalue weighted by Gasteiger charge is -1.92. The molecule has 0 unspecified atom stereocenters. The molecule has 0 aliphatic heterocycles. The lowest BCUT2D eigenvalue weighted by Crippen LogP contribution is -1.74. The predicted octanol–water partition coefficient (Wildman–Crippen LogP) is 1.93. The van der Waals surface area contributed by atoms with E-state index in [0.29, 0.717) is 5.69 Å². The summed E-state index contributed by atoms with van der Waals surface area (Å²) in [4.78, 5) is 0.775. The van der Waals surface area contributed by atoms with E-state index in [1.165, 1.54) is 0 Å². The van der Waals surface area contributed by atoms with Crippen molar-refractivity contribution in [2.45, 2.75) is 4.90 Å². The molecule has 1 rings (SSSR count). The second-order valence-corrected chi connectivity index (χ2v) is 2.19. The Kier molecular flexibility index (Phi) is 2.28. The molecule has 0 saturated heterocycles. The molecule has 0 bridgehead atoms. The fourth-order valence-corrected chi connectivity index (χ4v) is 0.816. The fraction of sp³-hybridized carbons (Fsp3) is 0. The van der Waals surface area contributed by atoms with Crippen LogP contribution in [0.1, 0.15) is 0 Å². The van der Waals surface area contributed by atoms with E-state index in [-0.39, 0.29) is 0 Å². The molecule has 1 aromatic carbocycles. The number of nitrogens with two attached hydrogens (primary N) is 1. The van der Waals surface area contributed by atoms with Crippen LogP contribution in [0, 0.1) is 0 Å². The number of hydrogen-bond donors (Lipinski definition) is 2. The average molecular weight is 153 g/mol. The molecular formula is C6H7N3S. The Bertz CT molecular complexity index is 247. The van der Waals surface area contributed by atoms with Gasteiger partial charge < -0.3 is 5.84 Å². The highest BCUT2D eigenvalue weighted by Gasteiger charge is 1.91. The van der Waals surface area contributed by atoms with Crippen LogP contribution in [0.2, 0.25) is 0 Å². The summed E-state index contributed by atoms with van der Waals surface area (Å²) >= 11 is 4.12. The molecule has 0 heterocycles. The molecule has 0 aliphatic rings. The molecule has 0 radical (unpaired) electrons. The van der Waals surface area contributed by atoms with Gasteiger partial charge in [-0.15, -0.1) is 17.7 Å². The van der Waals surface area contributed by atoms with Gasteiger partial charge in [0.2, 0.25) is 0 Å². The minimum Gasteiger partial charge on any atom is -0.305 e. The third-order valence-corrected chi connectivity index (χ3v) is 1.43. The summed E-state index contributed by atoms with van der Waals surface area (Å²) in [5.41, 5.74) is 0.688. The molecule has 0 atom stereocenters. The smallest absolute Gasteiger partial charge is 0.101 e. The van der Waals surface area contributed by atoms with Crippen LogP contribution in [0.3, 0.4) is 0 Å². The Morgan fingerprint density at radius 2 is 2.00 bits per heavy atom. The molecule has 0 spiro atoms. The Balaban J connectivity index is 3.03. The Hall–Kier alpha value is -1.03. The van der Waals surface area contributed by atoms with Gasteiger partial charge in [0.1, 0.15) is 5.69 Å². The maximum atomic E-state index is 4.85. The summed E-state index contributed by atoms with van der Waals surface area (Å²) in [6.07, 6.45) is 0. The SMILES string of the molecule is NN=Nc1ccccc1S. The van der Waals surface area contributed by atoms with E-state index in [4.69, 9.17) is 5.84 Å². The maximum absolute atomic E-state index is 4.85. The van der Waals surface area contributed by atoms with E-state index in [1.54, 1.807) is 6.07 Å². The van der Waals surface area contributed by atoms with Crippen molar-refractivity contribution in [2.24, 2.45) is 16.2 Å². The van der Waals surface area contributed by atoms with Crippen molar-refractivity contribution in [3.63, 3.8) is 0 Å². The quantitative estimate of drug-likeness (QED) is 0.275. The molecule has 52 valence electrons. The summed E-state index contributed by atoms with van der Waals surface area (Å²) < 4.78 is 0. The number of rotatable bonds is 1. The number of thiol groups is 1. The minimum atomic E-state index is 0.688. The van der Waals surface area contributed by atoms with Gasteiger partial charge in [0, 0.05) is 4.90 Å². The van der Waals surface area contributed by atoms with Gasteiger partial charge in [-0.1, -0.05) is 17.4 Å². The van der Waals surface area contributed by atoms with Crippen LogP contribution in [0.25, 0.3) is 0 Å². The van der Waals surface area contributed by atoms with E-state index in [9.17, 15) is 0 Å². The third kappa shape index (κ3) is 1.48. The average Bonchev–Trinajstić information content (AvgIpc) is 1.94. The van der Waals surface area contributed by atoms with Gasteiger partial charge >= 0.3 is 0 Å². The molecule has 4 heteroatoms. The van der Waals surface area contributed by atoms with Crippen LogP contribution in [0.4, 0.5) is 5.69 Å². The maximum Gasteiger partial charge on any atom is 0.101 e. The zero-order valence-electron chi connectivity index (χ0n) is 5.23. The van der Waals surface area contributed by atoms with E-state index in [2.05, 4.69) is 23.0 Å². The van der Waals surface area contributed by atoms with Gasteiger partial charge in [0.25, 0.3) is 0 Å². The molecule has 10 heavy (non-hydrogen) atoms. The first-order valence-corrected chi connectivity index (χ1v) is 3.18. The lowest BCUT2D eigenvalue weighted by atomic mass is 10.3. The Labute approximate surface area is 64.3 Å². The van der Waals surface area contributed by atoms with Crippen molar-refractivity contribution in [3.05, 3.63) is 24.3 Å². The standard InChI is InChI=1S/C6H7N3S/c7-9-8-5-3-1-2-4-6(5)10/h1-4,10H,(H2,7,8). The number of hydrogen-bond acceptors (Lipinski definition) is 3. The fourth-order valence-electron chi connectivity index (χ4n) is 0.611. The molecule has 3 nitrogen and oxygen atoms in total. The number of nitrogens with zero attached hydrogens (tertiary/aromatic N) is 2. The molecule has 0 saturated carbocycles. The normalized spacial score (nSPS) is 10.5. The number of benzene rings is 1. The van der Waals surface area contributed by atoms with Crippen LogP contribution in [-0.2, 0) is 0 Å². The van der Waals surface area contributed by atoms with Crippen molar-refractivity contribution >= 4 is 18.3 Å². The van der Waals surface area contributed by atoms with Gasteiger partial charge in [0.15, 0.2) is 0 Å². The van der Waals surface area contributed by atoms with Crippen LogP contribution < -0.4 is 5.84 Å². The summed E-state index contributed by atoms with van der Waals surface area (Å²) in [7, 11) is 0. The van der Waals surface area contributed by atoms with Gasteiger partial charge in [-0.2, -0.15) is 0 Å². The highest BCUT2D eigenvalue weighted by Crippen LogP contribution is 2.21. The van der Waals surface area contributed by atoms with Crippen LogP contribution >= 0.6 is 12.6 Å².